The van der Waals surface area contributed by atoms with Gasteiger partial charge in [0.1, 0.15) is 0 Å². The van der Waals surface area contributed by atoms with Gasteiger partial charge in [-0.15, -0.1) is 10.2 Å². The molecule has 6 nitrogen and oxygen atoms in total. The molecule has 0 aliphatic rings. The Morgan fingerprint density at radius 3 is 1.38 bits per heavy atom. The Kier molecular flexibility index (Phi) is 6.74. The molecule has 0 aliphatic heterocycles. The molecular weight excluding hydrogens is 204 g/mol. The Morgan fingerprint density at radius 1 is 0.812 bits per heavy atom. The summed E-state index contributed by atoms with van der Waals surface area (Å²) in [6.45, 7) is 7.94. The highest BCUT2D eigenvalue weighted by Crippen LogP contribution is 1.87. The number of rotatable bonds is 4. The van der Waals surface area contributed by atoms with Crippen molar-refractivity contribution in [2.75, 3.05) is 0 Å². The second-order valence-electron chi connectivity index (χ2n) is 3.99. The van der Waals surface area contributed by atoms with Crippen molar-refractivity contribution in [2.45, 2.75) is 27.7 Å². The number of nitrogens with zero attached hydrogens (tertiary/aromatic N) is 4. The molecule has 0 saturated carbocycles. The molecule has 0 unspecified atom stereocenters. The molecule has 0 spiro atoms. The van der Waals surface area contributed by atoms with Gasteiger partial charge in [-0.05, 0) is 11.8 Å². The maximum absolute atomic E-state index is 5.53. The van der Waals surface area contributed by atoms with Crippen molar-refractivity contribution in [3.8, 4) is 0 Å². The largest absolute Gasteiger partial charge is 0.379 e. The van der Waals surface area contributed by atoms with Crippen molar-refractivity contribution in [1.82, 2.24) is 0 Å². The Bertz CT molecular complexity index is 279. The normalized spacial score (nSPS) is 14.9. The first-order chi connectivity index (χ1) is 7.43. The van der Waals surface area contributed by atoms with Gasteiger partial charge in [0.25, 0.3) is 0 Å². The van der Waals surface area contributed by atoms with Gasteiger partial charge in [0.05, 0.1) is 0 Å². The summed E-state index contributed by atoms with van der Waals surface area (Å²) < 4.78 is 0. The van der Waals surface area contributed by atoms with Gasteiger partial charge in [0.15, 0.2) is 11.7 Å². The van der Waals surface area contributed by atoms with Crippen molar-refractivity contribution in [3.63, 3.8) is 0 Å². The number of hydrogen-bond donors (Lipinski definition) is 2. The van der Waals surface area contributed by atoms with Crippen LogP contribution in [0.15, 0.2) is 20.4 Å². The summed E-state index contributed by atoms with van der Waals surface area (Å²) in [4.78, 5) is 0. The Morgan fingerprint density at radius 2 is 1.12 bits per heavy atom. The maximum Gasteiger partial charge on any atom is 0.190 e. The van der Waals surface area contributed by atoms with Crippen LogP contribution in [-0.2, 0) is 0 Å². The van der Waals surface area contributed by atoms with Crippen LogP contribution >= 0.6 is 0 Å². The summed E-state index contributed by atoms with van der Waals surface area (Å²) in [6, 6.07) is 0. The monoisotopic (exact) mass is 224 g/mol. The minimum atomic E-state index is 0.0674. The van der Waals surface area contributed by atoms with E-state index in [2.05, 4.69) is 20.4 Å². The zero-order chi connectivity index (χ0) is 12.6. The van der Waals surface area contributed by atoms with Crippen molar-refractivity contribution in [3.05, 3.63) is 0 Å². The van der Waals surface area contributed by atoms with Gasteiger partial charge >= 0.3 is 0 Å². The molecule has 0 radical (unpaired) electrons. The molecule has 6 heteroatoms. The van der Waals surface area contributed by atoms with E-state index in [4.69, 9.17) is 11.5 Å². The predicted octanol–water partition coefficient (Wildman–Crippen LogP) is 0.984. The van der Waals surface area contributed by atoms with Crippen LogP contribution in [0.4, 0.5) is 0 Å². The first-order valence-corrected chi connectivity index (χ1v) is 5.17. The van der Waals surface area contributed by atoms with Crippen LogP contribution < -0.4 is 11.5 Å². The second-order valence-corrected chi connectivity index (χ2v) is 3.99. The smallest absolute Gasteiger partial charge is 0.190 e. The topological polar surface area (TPSA) is 101 Å². The van der Waals surface area contributed by atoms with Gasteiger partial charge in [0, 0.05) is 12.4 Å². The predicted molar refractivity (Wildman–Crippen MR) is 69.9 cm³/mol. The lowest BCUT2D eigenvalue weighted by atomic mass is 10.3. The lowest BCUT2D eigenvalue weighted by molar-refractivity contribution is 0.899. The molecule has 0 rings (SSSR count). The van der Waals surface area contributed by atoms with Crippen LogP contribution in [0.5, 0.6) is 0 Å². The highest BCUT2D eigenvalue weighted by molar-refractivity contribution is 6.39. The zero-order valence-corrected chi connectivity index (χ0v) is 10.3. The molecule has 0 amide bonds. The summed E-state index contributed by atoms with van der Waals surface area (Å²) in [5.74, 6) is 0.762. The molecule has 0 bridgehead atoms. The van der Waals surface area contributed by atoms with Gasteiger partial charge in [-0.25, -0.2) is 0 Å². The first-order valence-electron chi connectivity index (χ1n) is 5.17. The van der Waals surface area contributed by atoms with E-state index in [9.17, 15) is 0 Å². The van der Waals surface area contributed by atoms with Crippen molar-refractivity contribution < 1.29 is 0 Å². The summed E-state index contributed by atoms with van der Waals surface area (Å²) >= 11 is 0. The van der Waals surface area contributed by atoms with E-state index >= 15 is 0 Å². The molecule has 4 N–H and O–H groups in total. The van der Waals surface area contributed by atoms with Gasteiger partial charge in [-0.1, -0.05) is 27.7 Å². The average molecular weight is 224 g/mol. The SMILES string of the molecule is CC(C)C=N/N=C(N)/C(N)=N/N=CC(C)C. The maximum atomic E-state index is 5.53. The van der Waals surface area contributed by atoms with Crippen molar-refractivity contribution in [2.24, 2.45) is 43.7 Å². The van der Waals surface area contributed by atoms with Crippen LogP contribution in [0.1, 0.15) is 27.7 Å². The van der Waals surface area contributed by atoms with E-state index in [1.54, 1.807) is 12.4 Å². The average Bonchev–Trinajstić information content (AvgIpc) is 2.16. The number of hydrogen-bond acceptors (Lipinski definition) is 4. The van der Waals surface area contributed by atoms with Gasteiger partial charge < -0.3 is 11.5 Å². The van der Waals surface area contributed by atoms with Crippen molar-refractivity contribution >= 4 is 24.1 Å². The van der Waals surface area contributed by atoms with Crippen LogP contribution in [0, 0.1) is 11.8 Å². The van der Waals surface area contributed by atoms with Crippen LogP contribution in [0.25, 0.3) is 0 Å². The number of nitrogens with two attached hydrogens (primary N) is 2. The highest BCUT2D eigenvalue weighted by atomic mass is 15.3. The van der Waals surface area contributed by atoms with Crippen LogP contribution in [-0.4, -0.2) is 24.1 Å². The van der Waals surface area contributed by atoms with E-state index in [0.29, 0.717) is 11.8 Å². The first kappa shape index (κ1) is 14.3. The zero-order valence-electron chi connectivity index (χ0n) is 10.3. The van der Waals surface area contributed by atoms with E-state index in [0.717, 1.165) is 0 Å². The molecule has 0 fully saturated rings. The molecule has 0 heterocycles. The molecule has 0 aromatic heterocycles. The fourth-order valence-electron chi connectivity index (χ4n) is 0.560. The Balaban J connectivity index is 4.42. The minimum absolute atomic E-state index is 0.0674. The quantitative estimate of drug-likeness (QED) is 0.422. The molecule has 0 atom stereocenters. The highest BCUT2D eigenvalue weighted by Gasteiger charge is 1.97. The molecule has 90 valence electrons. The van der Waals surface area contributed by atoms with Crippen LogP contribution in [0.3, 0.4) is 0 Å². The third-order valence-electron chi connectivity index (χ3n) is 1.32. The molecule has 0 saturated heterocycles. The van der Waals surface area contributed by atoms with E-state index in [1.807, 2.05) is 27.7 Å². The minimum Gasteiger partial charge on any atom is -0.379 e. The third-order valence-corrected chi connectivity index (χ3v) is 1.32. The molecule has 0 aromatic rings. The van der Waals surface area contributed by atoms with Gasteiger partial charge in [-0.2, -0.15) is 10.2 Å². The Hall–Kier alpha value is -1.72. The van der Waals surface area contributed by atoms with E-state index < -0.39 is 0 Å². The molecule has 0 aliphatic carbocycles. The van der Waals surface area contributed by atoms with Gasteiger partial charge in [0.2, 0.25) is 0 Å². The Labute approximate surface area is 96.2 Å². The fourth-order valence-corrected chi connectivity index (χ4v) is 0.560. The molecule has 0 aromatic carbocycles. The fraction of sp³-hybridized carbons (Fsp3) is 0.600. The third kappa shape index (κ3) is 7.66. The van der Waals surface area contributed by atoms with E-state index in [-0.39, 0.29) is 11.7 Å². The van der Waals surface area contributed by atoms with Crippen molar-refractivity contribution in [1.29, 1.82) is 0 Å². The summed E-state index contributed by atoms with van der Waals surface area (Å²) in [7, 11) is 0. The summed E-state index contributed by atoms with van der Waals surface area (Å²) in [6.07, 6.45) is 3.33. The number of amidine groups is 2. The van der Waals surface area contributed by atoms with E-state index in [1.165, 1.54) is 0 Å². The molecule has 16 heavy (non-hydrogen) atoms. The summed E-state index contributed by atoms with van der Waals surface area (Å²) in [5, 5.41) is 14.9. The standard InChI is InChI=1S/C10H20N6/c1-7(2)5-13-15-9(11)10(12)16-14-6-8(3)4/h5-8H,1-4H3,(H2,11,15)(H2,12,16). The molecular formula is C10H20N6. The van der Waals surface area contributed by atoms with Crippen LogP contribution in [0.2, 0.25) is 0 Å². The van der Waals surface area contributed by atoms with Gasteiger partial charge in [-0.3, -0.25) is 0 Å². The lowest BCUT2D eigenvalue weighted by Gasteiger charge is -1.95. The second kappa shape index (κ2) is 7.56. The summed E-state index contributed by atoms with van der Waals surface area (Å²) in [5.41, 5.74) is 11.1. The lowest BCUT2D eigenvalue weighted by Crippen LogP contribution is -2.30.